The second-order valence-corrected chi connectivity index (χ2v) is 4.96. The zero-order valence-electron chi connectivity index (χ0n) is 11.0. The topological polar surface area (TPSA) is 42.1 Å². The Balaban J connectivity index is 2.90. The summed E-state index contributed by atoms with van der Waals surface area (Å²) in [5, 5.41) is 0. The van der Waals surface area contributed by atoms with E-state index in [4.69, 9.17) is 5.73 Å². The van der Waals surface area contributed by atoms with Crippen LogP contribution in [0.2, 0.25) is 0 Å². The minimum absolute atomic E-state index is 0.0473. The lowest BCUT2D eigenvalue weighted by molar-refractivity contribution is 0.467. The Hall–Kier alpha value is -1.09. The van der Waals surface area contributed by atoms with Crippen molar-refractivity contribution in [1.29, 1.82) is 0 Å². The lowest BCUT2D eigenvalue weighted by Crippen LogP contribution is -2.41. The van der Waals surface area contributed by atoms with E-state index in [9.17, 15) is 0 Å². The third kappa shape index (κ3) is 2.73. The summed E-state index contributed by atoms with van der Waals surface area (Å²) in [6.45, 7) is 8.59. The van der Waals surface area contributed by atoms with Crippen LogP contribution in [-0.4, -0.2) is 17.6 Å². The van der Waals surface area contributed by atoms with Crippen molar-refractivity contribution >= 4 is 5.82 Å². The van der Waals surface area contributed by atoms with E-state index in [0.29, 0.717) is 0 Å². The second-order valence-electron chi connectivity index (χ2n) is 4.96. The second kappa shape index (κ2) is 4.83. The number of rotatable bonds is 4. The molecule has 1 atom stereocenters. The van der Waals surface area contributed by atoms with Crippen LogP contribution in [0.5, 0.6) is 0 Å². The summed E-state index contributed by atoms with van der Waals surface area (Å²) in [5.41, 5.74) is 7.00. The lowest BCUT2D eigenvalue weighted by atomic mass is 10.00. The highest BCUT2D eigenvalue weighted by Crippen LogP contribution is 2.23. The first kappa shape index (κ1) is 13.0. The predicted octanol–water partition coefficient (Wildman–Crippen LogP) is 2.73. The van der Waals surface area contributed by atoms with Crippen molar-refractivity contribution < 1.29 is 0 Å². The molecule has 0 aromatic carbocycles. The molecule has 0 saturated carbocycles. The average Bonchev–Trinajstić information content (AvgIpc) is 2.28. The van der Waals surface area contributed by atoms with Crippen molar-refractivity contribution in [3.05, 3.63) is 23.9 Å². The molecule has 0 aliphatic heterocycles. The highest BCUT2D eigenvalue weighted by molar-refractivity contribution is 5.41. The van der Waals surface area contributed by atoms with Gasteiger partial charge >= 0.3 is 0 Å². The molecule has 0 aliphatic rings. The van der Waals surface area contributed by atoms with Gasteiger partial charge in [0.25, 0.3) is 0 Å². The monoisotopic (exact) mass is 221 g/mol. The summed E-state index contributed by atoms with van der Waals surface area (Å²) in [6.07, 6.45) is 2.95. The molecule has 1 unspecified atom stereocenters. The molecule has 16 heavy (non-hydrogen) atoms. The van der Waals surface area contributed by atoms with E-state index in [-0.39, 0.29) is 11.6 Å². The Bertz CT molecular complexity index is 328. The molecule has 1 aromatic rings. The Morgan fingerprint density at radius 1 is 1.44 bits per heavy atom. The van der Waals surface area contributed by atoms with Gasteiger partial charge in [-0.2, -0.15) is 0 Å². The molecule has 3 heteroatoms. The van der Waals surface area contributed by atoms with E-state index in [1.54, 1.807) is 0 Å². The Kier molecular flexibility index (Phi) is 3.92. The van der Waals surface area contributed by atoms with Crippen molar-refractivity contribution in [1.82, 2.24) is 4.98 Å². The minimum Gasteiger partial charge on any atom is -0.355 e. The molecule has 0 fully saturated rings. The van der Waals surface area contributed by atoms with Gasteiger partial charge in [0.15, 0.2) is 0 Å². The van der Waals surface area contributed by atoms with Gasteiger partial charge < -0.3 is 10.6 Å². The summed E-state index contributed by atoms with van der Waals surface area (Å²) >= 11 is 0. The van der Waals surface area contributed by atoms with Crippen LogP contribution in [0.1, 0.15) is 45.7 Å². The van der Waals surface area contributed by atoms with Crippen LogP contribution >= 0.6 is 0 Å². The minimum atomic E-state index is 0.0473. The van der Waals surface area contributed by atoms with Gasteiger partial charge in [-0.05, 0) is 38.8 Å². The first-order valence-electron chi connectivity index (χ1n) is 5.84. The van der Waals surface area contributed by atoms with E-state index in [1.807, 2.05) is 19.2 Å². The molecule has 0 saturated heterocycles. The van der Waals surface area contributed by atoms with E-state index in [1.165, 1.54) is 0 Å². The van der Waals surface area contributed by atoms with E-state index < -0.39 is 0 Å². The number of anilines is 1. The summed E-state index contributed by atoms with van der Waals surface area (Å²) in [6, 6.07) is 4.14. The normalized spacial score (nSPS) is 13.6. The summed E-state index contributed by atoms with van der Waals surface area (Å²) in [7, 11) is 2.08. The zero-order chi connectivity index (χ0) is 12.3. The van der Waals surface area contributed by atoms with Crippen LogP contribution in [0.3, 0.4) is 0 Å². The number of nitrogens with zero attached hydrogens (tertiary/aromatic N) is 2. The van der Waals surface area contributed by atoms with Crippen LogP contribution in [0.25, 0.3) is 0 Å². The van der Waals surface area contributed by atoms with Crippen molar-refractivity contribution in [2.45, 2.75) is 45.7 Å². The molecule has 0 bridgehead atoms. The third-order valence-electron chi connectivity index (χ3n) is 3.41. The quantitative estimate of drug-likeness (QED) is 0.850. The summed E-state index contributed by atoms with van der Waals surface area (Å²) in [4.78, 5) is 6.67. The fraction of sp³-hybridized carbons (Fsp3) is 0.615. The maximum atomic E-state index is 5.80. The van der Waals surface area contributed by atoms with Gasteiger partial charge in [0.1, 0.15) is 5.82 Å². The molecule has 0 amide bonds. The molecule has 1 aromatic heterocycles. The van der Waals surface area contributed by atoms with E-state index in [0.717, 1.165) is 17.8 Å². The number of pyridine rings is 1. The molecular weight excluding hydrogens is 198 g/mol. The van der Waals surface area contributed by atoms with Gasteiger partial charge in [0, 0.05) is 24.8 Å². The van der Waals surface area contributed by atoms with Gasteiger partial charge in [-0.15, -0.1) is 0 Å². The van der Waals surface area contributed by atoms with Crippen molar-refractivity contribution in [2.24, 2.45) is 5.73 Å². The first-order chi connectivity index (χ1) is 7.38. The molecule has 1 rings (SSSR count). The van der Waals surface area contributed by atoms with Gasteiger partial charge in [-0.25, -0.2) is 4.98 Å². The predicted molar refractivity (Wildman–Crippen MR) is 69.6 cm³/mol. The third-order valence-corrected chi connectivity index (χ3v) is 3.41. The molecule has 0 radical (unpaired) electrons. The summed E-state index contributed by atoms with van der Waals surface area (Å²) < 4.78 is 0. The highest BCUT2D eigenvalue weighted by atomic mass is 15.2. The maximum absolute atomic E-state index is 5.80. The summed E-state index contributed by atoms with van der Waals surface area (Å²) in [5.74, 6) is 0.997. The first-order valence-corrected chi connectivity index (χ1v) is 5.84. The molecule has 0 aliphatic carbocycles. The standard InChI is InChI=1S/C13H23N3/c1-6-13(3,4)16(5)12-8-7-11(9-15-12)10(2)14/h7-10H,6,14H2,1-5H3. The van der Waals surface area contributed by atoms with Crippen molar-refractivity contribution in [3.63, 3.8) is 0 Å². The van der Waals surface area contributed by atoms with E-state index in [2.05, 4.69) is 43.8 Å². The number of hydrogen-bond acceptors (Lipinski definition) is 3. The van der Waals surface area contributed by atoms with Gasteiger partial charge in [-0.1, -0.05) is 13.0 Å². The smallest absolute Gasteiger partial charge is 0.128 e. The zero-order valence-corrected chi connectivity index (χ0v) is 11.0. The molecule has 2 N–H and O–H groups in total. The highest BCUT2D eigenvalue weighted by Gasteiger charge is 2.22. The SMILES string of the molecule is CCC(C)(C)N(C)c1ccc(C(C)N)cn1. The molecular formula is C13H23N3. The lowest BCUT2D eigenvalue weighted by Gasteiger charge is -2.35. The average molecular weight is 221 g/mol. The molecule has 90 valence electrons. The largest absolute Gasteiger partial charge is 0.355 e. The Morgan fingerprint density at radius 3 is 2.44 bits per heavy atom. The van der Waals surface area contributed by atoms with Gasteiger partial charge in [0.05, 0.1) is 0 Å². The van der Waals surface area contributed by atoms with E-state index >= 15 is 0 Å². The fourth-order valence-corrected chi connectivity index (χ4v) is 1.41. The molecule has 0 spiro atoms. The van der Waals surface area contributed by atoms with Crippen LogP contribution in [-0.2, 0) is 0 Å². The Morgan fingerprint density at radius 2 is 2.06 bits per heavy atom. The van der Waals surface area contributed by atoms with Crippen molar-refractivity contribution in [2.75, 3.05) is 11.9 Å². The molecule has 3 nitrogen and oxygen atoms in total. The number of aromatic nitrogens is 1. The Labute approximate surface area is 98.7 Å². The van der Waals surface area contributed by atoms with Gasteiger partial charge in [0.2, 0.25) is 0 Å². The number of hydrogen-bond donors (Lipinski definition) is 1. The van der Waals surface area contributed by atoms with Gasteiger partial charge in [-0.3, -0.25) is 0 Å². The maximum Gasteiger partial charge on any atom is 0.128 e. The van der Waals surface area contributed by atoms with Crippen LogP contribution < -0.4 is 10.6 Å². The fourth-order valence-electron chi connectivity index (χ4n) is 1.41. The van der Waals surface area contributed by atoms with Crippen LogP contribution in [0.4, 0.5) is 5.82 Å². The van der Waals surface area contributed by atoms with Crippen molar-refractivity contribution in [3.8, 4) is 0 Å². The van der Waals surface area contributed by atoms with Crippen LogP contribution in [0, 0.1) is 0 Å². The van der Waals surface area contributed by atoms with Crippen LogP contribution in [0.15, 0.2) is 18.3 Å². The number of nitrogens with two attached hydrogens (primary N) is 1. The molecule has 1 heterocycles.